The average Bonchev–Trinajstić information content (AvgIpc) is 2.54. The van der Waals surface area contributed by atoms with Crippen LogP contribution in [0, 0.1) is 0 Å². The smallest absolute Gasteiger partial charge is 0.282 e. The van der Waals surface area contributed by atoms with Crippen LogP contribution in [-0.2, 0) is 29.4 Å². The third kappa shape index (κ3) is 11.2. The van der Waals surface area contributed by atoms with Crippen LogP contribution in [0.2, 0.25) is 0 Å². The predicted octanol–water partition coefficient (Wildman–Crippen LogP) is 5.88. The summed E-state index contributed by atoms with van der Waals surface area (Å²) >= 11 is 0. The van der Waals surface area contributed by atoms with Crippen molar-refractivity contribution in [2.45, 2.75) is 84.5 Å². The fraction of sp³-hybridized carbons (Fsp3) is 0.619. The molecule has 1 N–H and O–H groups in total. The molecule has 0 heterocycles. The maximum Gasteiger partial charge on any atom is 0.287 e. The summed E-state index contributed by atoms with van der Waals surface area (Å²) in [6.45, 7) is 4.46. The highest BCUT2D eigenvalue weighted by Crippen LogP contribution is 2.18. The second-order valence-corrected chi connectivity index (χ2v) is 8.15. The molecular weight excluding hydrogens is 332 g/mol. The summed E-state index contributed by atoms with van der Waals surface area (Å²) in [4.78, 5) is 0. The molecule has 0 bridgehead atoms. The quantitative estimate of drug-likeness (QED) is 0.350. The third-order valence-electron chi connectivity index (χ3n) is 4.35. The minimum absolute atomic E-state index is 0.658. The summed E-state index contributed by atoms with van der Waals surface area (Å²) in [5, 5.41) is 0.879. The van der Waals surface area contributed by atoms with Crippen LogP contribution in [0.5, 0.6) is 0 Å². The van der Waals surface area contributed by atoms with Gasteiger partial charge < -0.3 is 0 Å². The molecule has 0 saturated heterocycles. The molecule has 3 nitrogen and oxygen atoms in total. The Kier molecular flexibility index (Phi) is 10.7. The summed E-state index contributed by atoms with van der Waals surface area (Å²) in [5.74, 6) is 0. The average molecular weight is 367 g/mol. The van der Waals surface area contributed by atoms with Crippen LogP contribution >= 0.6 is 0 Å². The van der Waals surface area contributed by atoms with Crippen molar-refractivity contribution in [3.05, 3.63) is 46.4 Å². The lowest BCUT2D eigenvalue weighted by molar-refractivity contribution is 0.494. The van der Waals surface area contributed by atoms with E-state index >= 15 is 0 Å². The Bertz CT molecular complexity index is 590. The van der Waals surface area contributed by atoms with Crippen LogP contribution < -0.4 is 0 Å². The van der Waals surface area contributed by atoms with Crippen molar-refractivity contribution >= 4 is 10.1 Å². The van der Waals surface area contributed by atoms with Crippen LogP contribution in [0.15, 0.2) is 29.7 Å². The molecule has 0 amide bonds. The first kappa shape index (κ1) is 21.9. The van der Waals surface area contributed by atoms with E-state index in [1.807, 2.05) is 0 Å². The van der Waals surface area contributed by atoms with E-state index in [9.17, 15) is 8.42 Å². The van der Waals surface area contributed by atoms with Crippen LogP contribution in [0.1, 0.15) is 81.9 Å². The van der Waals surface area contributed by atoms with E-state index in [1.54, 1.807) is 0 Å². The number of benzene rings is 1. The van der Waals surface area contributed by atoms with Gasteiger partial charge in [0.15, 0.2) is 0 Å². The molecule has 0 radical (unpaired) electrons. The molecule has 1 aromatic carbocycles. The van der Waals surface area contributed by atoms with E-state index in [2.05, 4.69) is 32.0 Å². The largest absolute Gasteiger partial charge is 0.287 e. The Labute approximate surface area is 154 Å². The van der Waals surface area contributed by atoms with Gasteiger partial charge in [-0.15, -0.1) is 0 Å². The van der Waals surface area contributed by atoms with E-state index < -0.39 is 10.1 Å². The number of unbranched alkanes of at least 4 members (excludes halogenated alkanes) is 5. The Morgan fingerprint density at radius 1 is 0.800 bits per heavy atom. The van der Waals surface area contributed by atoms with Gasteiger partial charge in [-0.2, -0.15) is 8.42 Å². The van der Waals surface area contributed by atoms with Gasteiger partial charge in [0, 0.05) is 0 Å². The second-order valence-electron chi connectivity index (χ2n) is 6.85. The molecule has 0 atom stereocenters. The summed E-state index contributed by atoms with van der Waals surface area (Å²) in [6.07, 6.45) is 13.8. The highest BCUT2D eigenvalue weighted by molar-refractivity contribution is 7.88. The number of hydrogen-bond acceptors (Lipinski definition) is 2. The predicted molar refractivity (Wildman–Crippen MR) is 107 cm³/mol. The zero-order chi connectivity index (χ0) is 18.5. The molecule has 0 aliphatic rings. The maximum atomic E-state index is 10.7. The van der Waals surface area contributed by atoms with Crippen LogP contribution in [-0.4, -0.2) is 13.0 Å². The van der Waals surface area contributed by atoms with Crippen LogP contribution in [0.4, 0.5) is 0 Å². The Hall–Kier alpha value is -1.13. The lowest BCUT2D eigenvalue weighted by atomic mass is 9.96. The van der Waals surface area contributed by atoms with Gasteiger partial charge in [0.2, 0.25) is 0 Å². The lowest BCUT2D eigenvalue weighted by Gasteiger charge is -2.10. The third-order valence-corrected chi connectivity index (χ3v) is 4.89. The zero-order valence-corrected chi connectivity index (χ0v) is 16.7. The highest BCUT2D eigenvalue weighted by atomic mass is 32.2. The first-order valence-corrected chi connectivity index (χ1v) is 11.2. The molecule has 4 heteroatoms. The summed E-state index contributed by atoms with van der Waals surface area (Å²) in [6, 6.07) is 6.99. The zero-order valence-electron chi connectivity index (χ0n) is 15.8. The molecule has 0 unspecified atom stereocenters. The van der Waals surface area contributed by atoms with Gasteiger partial charge in [-0.25, -0.2) is 0 Å². The van der Waals surface area contributed by atoms with Gasteiger partial charge >= 0.3 is 0 Å². The van der Waals surface area contributed by atoms with Gasteiger partial charge in [0.1, 0.15) is 0 Å². The molecule has 0 aliphatic carbocycles. The van der Waals surface area contributed by atoms with Crippen molar-refractivity contribution in [3.63, 3.8) is 0 Å². The van der Waals surface area contributed by atoms with Gasteiger partial charge in [-0.05, 0) is 61.6 Å². The summed E-state index contributed by atoms with van der Waals surface area (Å²) in [7, 11) is -3.99. The van der Waals surface area contributed by atoms with Gasteiger partial charge in [0.05, 0.1) is 5.41 Å². The number of rotatable bonds is 13. The van der Waals surface area contributed by atoms with E-state index in [1.165, 1.54) is 61.3 Å². The second kappa shape index (κ2) is 12.3. The van der Waals surface area contributed by atoms with Crippen molar-refractivity contribution in [2.75, 3.05) is 0 Å². The minimum Gasteiger partial charge on any atom is -0.282 e. The van der Waals surface area contributed by atoms with Crippen molar-refractivity contribution in [1.82, 2.24) is 0 Å². The fourth-order valence-electron chi connectivity index (χ4n) is 3.04. The van der Waals surface area contributed by atoms with Crippen molar-refractivity contribution in [2.24, 2.45) is 0 Å². The van der Waals surface area contributed by atoms with Crippen molar-refractivity contribution in [1.29, 1.82) is 0 Å². The highest BCUT2D eigenvalue weighted by Gasteiger charge is 2.03. The topological polar surface area (TPSA) is 54.4 Å². The molecule has 0 saturated carbocycles. The minimum atomic E-state index is -3.99. The van der Waals surface area contributed by atoms with Gasteiger partial charge in [0.25, 0.3) is 10.1 Å². The molecule has 0 fully saturated rings. The van der Waals surface area contributed by atoms with E-state index in [4.69, 9.17) is 4.55 Å². The summed E-state index contributed by atoms with van der Waals surface area (Å²) in [5.41, 5.74) is 4.22. The van der Waals surface area contributed by atoms with E-state index in [0.717, 1.165) is 31.1 Å². The van der Waals surface area contributed by atoms with E-state index in [0.29, 0.717) is 6.42 Å². The molecule has 25 heavy (non-hydrogen) atoms. The van der Waals surface area contributed by atoms with Crippen molar-refractivity contribution < 1.29 is 13.0 Å². The molecule has 0 aromatic heterocycles. The first-order valence-electron chi connectivity index (χ1n) is 9.70. The standard InChI is InChI=1S/C21H34O3S/c1-3-5-8-12-19-16-20(13-9-6-4-2)18-21(17-19)14-10-7-11-15-25(22,23)24/h11,15-18H,3-10,12-14H2,1-2H3,(H,22,23,24). The van der Waals surface area contributed by atoms with Crippen LogP contribution in [0.3, 0.4) is 0 Å². The Morgan fingerprint density at radius 3 is 1.64 bits per heavy atom. The van der Waals surface area contributed by atoms with E-state index in [-0.39, 0.29) is 0 Å². The fourth-order valence-corrected chi connectivity index (χ4v) is 3.42. The molecule has 0 aliphatic heterocycles. The van der Waals surface area contributed by atoms with Crippen molar-refractivity contribution in [3.8, 4) is 0 Å². The number of aryl methyl sites for hydroxylation is 3. The van der Waals surface area contributed by atoms with Crippen LogP contribution in [0.25, 0.3) is 0 Å². The Morgan fingerprint density at radius 2 is 1.24 bits per heavy atom. The SMILES string of the molecule is CCCCCc1cc(CCCC=CS(=O)(=O)O)cc(CCCCC)c1. The first-order chi connectivity index (χ1) is 11.9. The Balaban J connectivity index is 2.65. The molecule has 1 aromatic rings. The lowest BCUT2D eigenvalue weighted by Crippen LogP contribution is -1.96. The molecular formula is C21H34O3S. The van der Waals surface area contributed by atoms with Gasteiger partial charge in [-0.1, -0.05) is 63.8 Å². The monoisotopic (exact) mass is 366 g/mol. The molecule has 0 spiro atoms. The maximum absolute atomic E-state index is 10.7. The summed E-state index contributed by atoms with van der Waals surface area (Å²) < 4.78 is 30.0. The normalized spacial score (nSPS) is 12.1. The molecule has 1 rings (SSSR count). The number of allylic oxidation sites excluding steroid dienone is 1. The van der Waals surface area contributed by atoms with Gasteiger partial charge in [-0.3, -0.25) is 4.55 Å². The molecule has 142 valence electrons. The number of hydrogen-bond donors (Lipinski definition) is 1.